The molecule has 2 aromatic heterocycles. The Labute approximate surface area is 143 Å². The summed E-state index contributed by atoms with van der Waals surface area (Å²) in [6.45, 7) is 6.80. The van der Waals surface area contributed by atoms with Crippen molar-refractivity contribution in [3.05, 3.63) is 44.0 Å². The molecule has 8 nitrogen and oxygen atoms in total. The summed E-state index contributed by atoms with van der Waals surface area (Å²) in [5.74, 6) is -0.531. The smallest absolute Gasteiger partial charge is 0.288 e. The molecule has 2 heterocycles. The summed E-state index contributed by atoms with van der Waals surface area (Å²) in [5.41, 5.74) is 5.94. The number of amides is 1. The van der Waals surface area contributed by atoms with Crippen LogP contribution in [0.2, 0.25) is 0 Å². The van der Waals surface area contributed by atoms with Crippen molar-refractivity contribution in [1.29, 1.82) is 0 Å². The summed E-state index contributed by atoms with van der Waals surface area (Å²) < 4.78 is 0. The molecule has 24 heavy (non-hydrogen) atoms. The molecular weight excluding hydrogens is 330 g/mol. The fourth-order valence-corrected chi connectivity index (χ4v) is 2.90. The summed E-state index contributed by atoms with van der Waals surface area (Å²) in [6, 6.07) is 1.12. The number of nitrogens with zero attached hydrogens (tertiary/aromatic N) is 3. The Morgan fingerprint density at radius 3 is 2.71 bits per heavy atom. The zero-order valence-corrected chi connectivity index (χ0v) is 14.5. The van der Waals surface area contributed by atoms with Crippen molar-refractivity contribution in [2.75, 3.05) is 11.9 Å². The molecule has 0 bridgehead atoms. The average Bonchev–Trinajstić information content (AvgIpc) is 2.96. The van der Waals surface area contributed by atoms with E-state index in [9.17, 15) is 14.9 Å². The number of rotatable bonds is 6. The van der Waals surface area contributed by atoms with Crippen LogP contribution in [0, 0.1) is 10.1 Å². The molecule has 0 aromatic carbocycles. The van der Waals surface area contributed by atoms with Gasteiger partial charge < -0.3 is 11.1 Å². The molecule has 128 valence electrons. The highest BCUT2D eigenvalue weighted by Crippen LogP contribution is 2.25. The maximum absolute atomic E-state index is 11.5. The van der Waals surface area contributed by atoms with Crippen LogP contribution in [0.4, 0.5) is 11.5 Å². The SMILES string of the molecule is CC(C)(C)c1nc(CCNc2ncc([N+](=O)[O-])cc2C(N)=O)cs1. The molecule has 0 radical (unpaired) electrons. The predicted molar refractivity (Wildman–Crippen MR) is 92.4 cm³/mol. The third-order valence-electron chi connectivity index (χ3n) is 3.22. The summed E-state index contributed by atoms with van der Waals surface area (Å²) in [6.07, 6.45) is 1.73. The van der Waals surface area contributed by atoms with Crippen molar-refractivity contribution in [3.8, 4) is 0 Å². The standard InChI is InChI=1S/C15H19N5O3S/c1-15(2,3)14-19-9(8-24-14)4-5-17-13-11(12(16)21)6-10(7-18-13)20(22)23/h6-8H,4-5H2,1-3H3,(H2,16,21)(H,17,18). The van der Waals surface area contributed by atoms with Crippen molar-refractivity contribution >= 4 is 28.7 Å². The van der Waals surface area contributed by atoms with Gasteiger partial charge in [-0.15, -0.1) is 11.3 Å². The largest absolute Gasteiger partial charge is 0.369 e. The molecule has 0 aliphatic carbocycles. The second-order valence-electron chi connectivity index (χ2n) is 6.28. The minimum Gasteiger partial charge on any atom is -0.369 e. The van der Waals surface area contributed by atoms with Gasteiger partial charge in [0.25, 0.3) is 11.6 Å². The van der Waals surface area contributed by atoms with Gasteiger partial charge in [-0.05, 0) is 0 Å². The van der Waals surface area contributed by atoms with Crippen molar-refractivity contribution in [2.24, 2.45) is 5.73 Å². The zero-order valence-electron chi connectivity index (χ0n) is 13.7. The molecule has 0 unspecified atom stereocenters. The van der Waals surface area contributed by atoms with E-state index in [0.29, 0.717) is 13.0 Å². The monoisotopic (exact) mass is 349 g/mol. The third kappa shape index (κ3) is 4.25. The Bertz CT molecular complexity index is 767. The van der Waals surface area contributed by atoms with Crippen LogP contribution in [0.5, 0.6) is 0 Å². The molecule has 3 N–H and O–H groups in total. The maximum Gasteiger partial charge on any atom is 0.288 e. The van der Waals surface area contributed by atoms with E-state index in [1.54, 1.807) is 11.3 Å². The van der Waals surface area contributed by atoms with E-state index in [1.807, 2.05) is 5.38 Å². The lowest BCUT2D eigenvalue weighted by Crippen LogP contribution is -2.17. The van der Waals surface area contributed by atoms with E-state index in [4.69, 9.17) is 5.73 Å². The summed E-state index contributed by atoms with van der Waals surface area (Å²) in [4.78, 5) is 30.1. The molecule has 0 aliphatic rings. The van der Waals surface area contributed by atoms with Crippen LogP contribution in [0.25, 0.3) is 0 Å². The first-order valence-electron chi connectivity index (χ1n) is 7.31. The van der Waals surface area contributed by atoms with Crippen molar-refractivity contribution < 1.29 is 9.72 Å². The van der Waals surface area contributed by atoms with E-state index in [-0.39, 0.29) is 22.5 Å². The van der Waals surface area contributed by atoms with Gasteiger partial charge in [0, 0.05) is 29.8 Å². The summed E-state index contributed by atoms with van der Waals surface area (Å²) >= 11 is 1.61. The Hall–Kier alpha value is -2.55. The van der Waals surface area contributed by atoms with E-state index >= 15 is 0 Å². The number of thiazole rings is 1. The van der Waals surface area contributed by atoms with Crippen LogP contribution in [0.3, 0.4) is 0 Å². The van der Waals surface area contributed by atoms with Gasteiger partial charge in [0.1, 0.15) is 12.0 Å². The van der Waals surface area contributed by atoms with Crippen LogP contribution in [0.1, 0.15) is 41.8 Å². The van der Waals surface area contributed by atoms with Crippen LogP contribution < -0.4 is 11.1 Å². The molecule has 0 spiro atoms. The highest BCUT2D eigenvalue weighted by atomic mass is 32.1. The van der Waals surface area contributed by atoms with Crippen molar-refractivity contribution in [1.82, 2.24) is 9.97 Å². The van der Waals surface area contributed by atoms with Crippen LogP contribution >= 0.6 is 11.3 Å². The van der Waals surface area contributed by atoms with Gasteiger partial charge >= 0.3 is 0 Å². The molecule has 9 heteroatoms. The highest BCUT2D eigenvalue weighted by molar-refractivity contribution is 7.09. The molecule has 0 saturated heterocycles. The second kappa shape index (κ2) is 6.91. The van der Waals surface area contributed by atoms with Crippen molar-refractivity contribution in [2.45, 2.75) is 32.6 Å². The lowest BCUT2D eigenvalue weighted by molar-refractivity contribution is -0.385. The number of hydrogen-bond donors (Lipinski definition) is 2. The number of anilines is 1. The van der Waals surface area contributed by atoms with Crippen LogP contribution in [-0.2, 0) is 11.8 Å². The number of hydrogen-bond acceptors (Lipinski definition) is 7. The summed E-state index contributed by atoms with van der Waals surface area (Å²) in [5, 5.41) is 16.8. The molecule has 2 aromatic rings. The third-order valence-corrected chi connectivity index (χ3v) is 4.53. The fraction of sp³-hybridized carbons (Fsp3) is 0.400. The van der Waals surface area contributed by atoms with Gasteiger partial charge in [-0.1, -0.05) is 20.8 Å². The van der Waals surface area contributed by atoms with Gasteiger partial charge in [-0.25, -0.2) is 9.97 Å². The Morgan fingerprint density at radius 2 is 2.17 bits per heavy atom. The van der Waals surface area contributed by atoms with Gasteiger partial charge in [0.05, 0.1) is 21.2 Å². The minimum absolute atomic E-state index is 0.00198. The number of nitrogens with one attached hydrogen (secondary N) is 1. The number of nitrogens with two attached hydrogens (primary N) is 1. The van der Waals surface area contributed by atoms with Gasteiger partial charge in [-0.3, -0.25) is 14.9 Å². The topological polar surface area (TPSA) is 124 Å². The minimum atomic E-state index is -0.766. The van der Waals surface area contributed by atoms with Crippen molar-refractivity contribution in [3.63, 3.8) is 0 Å². The maximum atomic E-state index is 11.5. The molecule has 0 saturated carbocycles. The second-order valence-corrected chi connectivity index (χ2v) is 7.14. The number of nitro groups is 1. The Balaban J connectivity index is 2.05. The number of carbonyl (C=O) groups is 1. The number of aromatic nitrogens is 2. The zero-order chi connectivity index (χ0) is 17.9. The molecular formula is C15H19N5O3S. The van der Waals surface area contributed by atoms with E-state index < -0.39 is 10.8 Å². The van der Waals surface area contributed by atoms with Gasteiger partial charge in [-0.2, -0.15) is 0 Å². The lowest BCUT2D eigenvalue weighted by Gasteiger charge is -2.13. The first-order chi connectivity index (χ1) is 11.2. The average molecular weight is 349 g/mol. The fourth-order valence-electron chi connectivity index (χ4n) is 1.96. The van der Waals surface area contributed by atoms with Crippen LogP contribution in [-0.4, -0.2) is 27.3 Å². The van der Waals surface area contributed by atoms with E-state index in [1.165, 1.54) is 0 Å². The lowest BCUT2D eigenvalue weighted by atomic mass is 9.98. The quantitative estimate of drug-likeness (QED) is 0.610. The molecule has 2 rings (SSSR count). The summed E-state index contributed by atoms with van der Waals surface area (Å²) in [7, 11) is 0. The predicted octanol–water partition coefficient (Wildman–Crippen LogP) is 2.50. The highest BCUT2D eigenvalue weighted by Gasteiger charge is 2.18. The normalized spacial score (nSPS) is 11.3. The first-order valence-corrected chi connectivity index (χ1v) is 8.19. The van der Waals surface area contributed by atoms with E-state index in [0.717, 1.165) is 23.0 Å². The first kappa shape index (κ1) is 17.8. The van der Waals surface area contributed by atoms with Gasteiger partial charge in [0.2, 0.25) is 0 Å². The molecule has 1 amide bonds. The van der Waals surface area contributed by atoms with Gasteiger partial charge in [0.15, 0.2) is 0 Å². The molecule has 0 fully saturated rings. The molecule has 0 atom stereocenters. The Morgan fingerprint density at radius 1 is 1.46 bits per heavy atom. The van der Waals surface area contributed by atoms with E-state index in [2.05, 4.69) is 36.1 Å². The number of primary amides is 1. The number of pyridine rings is 1. The Kier molecular flexibility index (Phi) is 5.13. The molecule has 0 aliphatic heterocycles. The number of carbonyl (C=O) groups excluding carboxylic acids is 1. The van der Waals surface area contributed by atoms with Crippen LogP contribution in [0.15, 0.2) is 17.6 Å².